The molecule has 64 heavy (non-hydrogen) atoms. The van der Waals surface area contributed by atoms with Crippen molar-refractivity contribution in [3.63, 3.8) is 0 Å². The van der Waals surface area contributed by atoms with Crippen LogP contribution in [0.2, 0.25) is 0 Å². The third-order valence-corrected chi connectivity index (χ3v) is 11.9. The van der Waals surface area contributed by atoms with Gasteiger partial charge < -0.3 is 30.9 Å². The van der Waals surface area contributed by atoms with E-state index in [9.17, 15) is 23.6 Å². The van der Waals surface area contributed by atoms with E-state index < -0.39 is 11.7 Å². The van der Waals surface area contributed by atoms with Crippen molar-refractivity contribution in [2.24, 2.45) is 0 Å². The fraction of sp³-hybridized carbons (Fsp3) is 0.304. The highest BCUT2D eigenvalue weighted by atomic mass is 19.1. The quantitative estimate of drug-likeness (QED) is 0.144. The number of methoxy groups -OCH3 is 1. The second kappa shape index (κ2) is 18.1. The van der Waals surface area contributed by atoms with Gasteiger partial charge in [0.2, 0.25) is 11.8 Å². The van der Waals surface area contributed by atoms with E-state index in [0.717, 1.165) is 80.0 Å². The number of hydrogen-bond donors (Lipinski definition) is 4. The molecule has 3 aromatic heterocycles. The second-order valence-electron chi connectivity index (χ2n) is 16.2. The van der Waals surface area contributed by atoms with Gasteiger partial charge in [0.15, 0.2) is 5.65 Å². The normalized spacial score (nSPS) is 16.4. The fourth-order valence-corrected chi connectivity index (χ4v) is 8.39. The lowest BCUT2D eigenvalue weighted by Crippen LogP contribution is -2.48. The highest BCUT2D eigenvalue weighted by molar-refractivity contribution is 6.00. The number of fused-ring (bicyclic) bond motifs is 2. The molecule has 6 aromatic rings. The van der Waals surface area contributed by atoms with Crippen LogP contribution in [0.1, 0.15) is 62.7 Å². The van der Waals surface area contributed by atoms with E-state index >= 15 is 0 Å². The van der Waals surface area contributed by atoms with E-state index in [0.29, 0.717) is 54.1 Å². The SMILES string of the molecule is COc1ccc(F)cc1C(=O)NCc1ccc(-c2nn(C3CN(c4ccc(CN5CCN(c6ccc7c(c6)CNC7=O)CC5)cn4)C3)c3ncnc(N)c23)cc1.O=C1CCCC(=O)N1. The summed E-state index contributed by atoms with van der Waals surface area (Å²) in [6.07, 6.45) is 5.16. The van der Waals surface area contributed by atoms with Gasteiger partial charge in [0, 0.05) is 94.8 Å². The van der Waals surface area contributed by atoms with Crippen molar-refractivity contribution in [2.75, 3.05) is 61.9 Å². The Kier molecular flexibility index (Phi) is 11.8. The molecule has 5 N–H and O–H groups in total. The summed E-state index contributed by atoms with van der Waals surface area (Å²) in [5, 5.41) is 13.6. The molecule has 17 nitrogen and oxygen atoms in total. The van der Waals surface area contributed by atoms with Gasteiger partial charge in [-0.2, -0.15) is 5.10 Å². The fourth-order valence-electron chi connectivity index (χ4n) is 8.39. The highest BCUT2D eigenvalue weighted by Crippen LogP contribution is 2.35. The van der Waals surface area contributed by atoms with Crippen LogP contribution in [0.25, 0.3) is 22.3 Å². The molecule has 3 fully saturated rings. The van der Waals surface area contributed by atoms with Gasteiger partial charge in [0.25, 0.3) is 11.8 Å². The molecule has 10 rings (SSSR count). The van der Waals surface area contributed by atoms with Crippen molar-refractivity contribution in [1.29, 1.82) is 0 Å². The van der Waals surface area contributed by atoms with Crippen molar-refractivity contribution in [1.82, 2.24) is 45.6 Å². The topological polar surface area (TPSA) is 206 Å². The number of nitrogens with two attached hydrogens (primary N) is 1. The molecular formula is C46H47FN12O5. The average molecular weight is 867 g/mol. The summed E-state index contributed by atoms with van der Waals surface area (Å²) in [4.78, 5) is 66.1. The van der Waals surface area contributed by atoms with Gasteiger partial charge in [-0.05, 0) is 65.6 Å². The number of nitrogens with zero attached hydrogens (tertiary/aromatic N) is 8. The maximum Gasteiger partial charge on any atom is 0.255 e. The number of piperazine rings is 1. The number of halogens is 1. The summed E-state index contributed by atoms with van der Waals surface area (Å²) in [6, 6.07) is 22.0. The van der Waals surface area contributed by atoms with Gasteiger partial charge in [0.1, 0.15) is 35.2 Å². The molecule has 0 atom stereocenters. The van der Waals surface area contributed by atoms with Crippen LogP contribution in [0, 0.1) is 5.82 Å². The van der Waals surface area contributed by atoms with Gasteiger partial charge in [-0.1, -0.05) is 30.3 Å². The van der Waals surface area contributed by atoms with Crippen molar-refractivity contribution < 1.29 is 28.3 Å². The Morgan fingerprint density at radius 3 is 2.36 bits per heavy atom. The van der Waals surface area contributed by atoms with Crippen molar-refractivity contribution in [2.45, 2.75) is 44.9 Å². The molecule has 4 aliphatic heterocycles. The molecule has 0 aliphatic carbocycles. The molecule has 0 saturated carbocycles. The second-order valence-corrected chi connectivity index (χ2v) is 16.2. The Bertz CT molecular complexity index is 2720. The number of ether oxygens (including phenoxy) is 1. The molecular weight excluding hydrogens is 820 g/mol. The van der Waals surface area contributed by atoms with Crippen molar-refractivity contribution >= 4 is 52.0 Å². The summed E-state index contributed by atoms with van der Waals surface area (Å²) in [6.45, 7) is 6.89. The predicted molar refractivity (Wildman–Crippen MR) is 237 cm³/mol. The Balaban J connectivity index is 0.000000586. The number of piperidine rings is 1. The molecule has 7 heterocycles. The minimum Gasteiger partial charge on any atom is -0.496 e. The molecule has 18 heteroatoms. The van der Waals surface area contributed by atoms with Gasteiger partial charge in [0.05, 0.1) is 24.1 Å². The van der Waals surface area contributed by atoms with Gasteiger partial charge in [-0.15, -0.1) is 0 Å². The zero-order chi connectivity index (χ0) is 44.3. The van der Waals surface area contributed by atoms with E-state index in [1.54, 1.807) is 0 Å². The zero-order valence-electron chi connectivity index (χ0n) is 35.2. The third kappa shape index (κ3) is 8.90. The molecule has 0 unspecified atom stereocenters. The van der Waals surface area contributed by atoms with Crippen LogP contribution in [-0.4, -0.2) is 99.6 Å². The number of nitrogens with one attached hydrogen (secondary N) is 3. The number of rotatable bonds is 10. The number of amides is 4. The number of nitrogen functional groups attached to an aromatic ring is 1. The van der Waals surface area contributed by atoms with Crippen LogP contribution < -0.4 is 36.2 Å². The minimum atomic E-state index is -0.514. The van der Waals surface area contributed by atoms with Gasteiger partial charge in [-0.25, -0.2) is 24.0 Å². The number of aromatic nitrogens is 5. The Morgan fingerprint density at radius 1 is 0.891 bits per heavy atom. The molecule has 3 saturated heterocycles. The van der Waals surface area contributed by atoms with Crippen LogP contribution >= 0.6 is 0 Å². The molecule has 4 aliphatic rings. The Labute approximate surface area is 367 Å². The molecule has 0 bridgehead atoms. The Hall–Kier alpha value is -7.47. The lowest BCUT2D eigenvalue weighted by atomic mass is 10.1. The third-order valence-electron chi connectivity index (χ3n) is 11.9. The first kappa shape index (κ1) is 41.9. The number of imide groups is 1. The molecule has 4 amide bonds. The number of pyridine rings is 1. The maximum atomic E-state index is 13.8. The number of benzene rings is 3. The lowest BCUT2D eigenvalue weighted by Gasteiger charge is -2.40. The van der Waals surface area contributed by atoms with E-state index in [4.69, 9.17) is 20.6 Å². The Morgan fingerprint density at radius 2 is 1.66 bits per heavy atom. The first-order valence-corrected chi connectivity index (χ1v) is 21.2. The highest BCUT2D eigenvalue weighted by Gasteiger charge is 2.33. The molecule has 3 aromatic carbocycles. The standard InChI is InChI=1S/C41H40FN11O3.C5H7NO2/c1-56-34-10-7-29(42)17-33(34)41(55)45-18-25-2-5-27(6-3-25)37-36-38(43)47-24-48-39(36)53(49-37)31-22-52(23-31)35-11-4-26(19-44-35)21-50-12-14-51(15-13-50)30-8-9-32-28(16-30)20-46-40(32)54;7-4-2-1-3-5(8)6-4/h2-11,16-17,19,24,31H,12-15,18,20-23H2,1H3,(H,45,55)(H,46,54)(H2,43,47,48);1-3H2,(H,6,7,8). The van der Waals surface area contributed by atoms with E-state index in [1.165, 1.54) is 36.8 Å². The first-order valence-electron chi connectivity index (χ1n) is 21.2. The molecule has 0 spiro atoms. The predicted octanol–water partition coefficient (Wildman–Crippen LogP) is 3.99. The van der Waals surface area contributed by atoms with E-state index in [2.05, 4.69) is 64.9 Å². The average Bonchev–Trinajstić information content (AvgIpc) is 3.87. The monoisotopic (exact) mass is 866 g/mol. The number of hydrogen-bond acceptors (Lipinski definition) is 13. The van der Waals surface area contributed by atoms with Crippen LogP contribution in [-0.2, 0) is 29.2 Å². The van der Waals surface area contributed by atoms with Crippen molar-refractivity contribution in [3.8, 4) is 17.0 Å². The van der Waals surface area contributed by atoms with Crippen LogP contribution in [0.3, 0.4) is 0 Å². The van der Waals surface area contributed by atoms with Crippen LogP contribution in [0.15, 0.2) is 85.3 Å². The van der Waals surface area contributed by atoms with Crippen molar-refractivity contribution in [3.05, 3.63) is 119 Å². The largest absolute Gasteiger partial charge is 0.496 e. The van der Waals surface area contributed by atoms with E-state index in [1.807, 2.05) is 41.2 Å². The van der Waals surface area contributed by atoms with E-state index in [-0.39, 0.29) is 35.9 Å². The van der Waals surface area contributed by atoms with Gasteiger partial charge in [-0.3, -0.25) is 29.4 Å². The summed E-state index contributed by atoms with van der Waals surface area (Å²) in [5.74, 6) is 0.363. The summed E-state index contributed by atoms with van der Waals surface area (Å²) >= 11 is 0. The number of anilines is 3. The number of carbonyl (C=O) groups excluding carboxylic acids is 4. The molecule has 0 radical (unpaired) electrons. The summed E-state index contributed by atoms with van der Waals surface area (Å²) in [5.41, 5.74) is 13.8. The summed E-state index contributed by atoms with van der Waals surface area (Å²) in [7, 11) is 1.44. The molecule has 328 valence electrons. The van der Waals surface area contributed by atoms with Crippen LogP contribution in [0.4, 0.5) is 21.7 Å². The zero-order valence-corrected chi connectivity index (χ0v) is 35.2. The van der Waals surface area contributed by atoms with Crippen LogP contribution in [0.5, 0.6) is 5.75 Å². The summed E-state index contributed by atoms with van der Waals surface area (Å²) < 4.78 is 21.0. The minimum absolute atomic E-state index is 0.0147. The smallest absolute Gasteiger partial charge is 0.255 e. The maximum absolute atomic E-state index is 13.8. The lowest BCUT2D eigenvalue weighted by molar-refractivity contribution is -0.132. The first-order chi connectivity index (χ1) is 31.1. The van der Waals surface area contributed by atoms with Gasteiger partial charge >= 0.3 is 0 Å². The number of carbonyl (C=O) groups is 4.